The summed E-state index contributed by atoms with van der Waals surface area (Å²) in [6, 6.07) is 0. The van der Waals surface area contributed by atoms with Crippen molar-refractivity contribution in [3.05, 3.63) is 72.9 Å². The number of amides is 1. The molecule has 0 spiro atoms. The smallest absolute Gasteiger partial charge is 0.322 e. The van der Waals surface area contributed by atoms with E-state index in [9.17, 15) is 14.4 Å². The molecule has 320 valence electrons. The SMILES string of the molecule is CC/C=C\C/C=C\C/C=C\C/C=C\C/C=C\CCCCCCCC(=O)OC(CCC/C=C\CCCCCCCCCC)CCCCCCCC(=O)NCC(=O)O. The Morgan fingerprint density at radius 1 is 0.482 bits per heavy atom. The molecule has 0 heterocycles. The quantitative estimate of drug-likeness (QED) is 0.0366. The normalized spacial score (nSPS) is 12.8. The van der Waals surface area contributed by atoms with E-state index in [2.05, 4.69) is 92.1 Å². The Balaban J connectivity index is 4.22. The predicted molar refractivity (Wildman–Crippen MR) is 240 cm³/mol. The van der Waals surface area contributed by atoms with Crippen LogP contribution in [0.2, 0.25) is 0 Å². The molecule has 0 bridgehead atoms. The van der Waals surface area contributed by atoms with Gasteiger partial charge in [-0.25, -0.2) is 0 Å². The second-order valence-electron chi connectivity index (χ2n) is 15.3. The Morgan fingerprint density at radius 2 is 0.893 bits per heavy atom. The first-order valence-electron chi connectivity index (χ1n) is 23.1. The molecule has 0 aliphatic carbocycles. The summed E-state index contributed by atoms with van der Waals surface area (Å²) < 4.78 is 6.02. The molecule has 0 saturated carbocycles. The van der Waals surface area contributed by atoms with Gasteiger partial charge in [0.2, 0.25) is 5.91 Å². The molecular weight excluding hydrogens is 695 g/mol. The zero-order valence-electron chi connectivity index (χ0n) is 36.2. The average Bonchev–Trinajstić information content (AvgIpc) is 3.18. The summed E-state index contributed by atoms with van der Waals surface area (Å²) in [6.07, 6.45) is 60.3. The van der Waals surface area contributed by atoms with Gasteiger partial charge in [-0.05, 0) is 103 Å². The van der Waals surface area contributed by atoms with Gasteiger partial charge in [-0.1, -0.05) is 170 Å². The number of carbonyl (C=O) groups excluding carboxylic acids is 2. The summed E-state index contributed by atoms with van der Waals surface area (Å²) in [6.45, 7) is 4.11. The van der Waals surface area contributed by atoms with Gasteiger partial charge in [0.15, 0.2) is 0 Å². The average molecular weight is 780 g/mol. The summed E-state index contributed by atoms with van der Waals surface area (Å²) in [5.74, 6) is -1.27. The number of ether oxygens (including phenoxy) is 1. The fourth-order valence-corrected chi connectivity index (χ4v) is 6.48. The number of rotatable bonds is 41. The highest BCUT2D eigenvalue weighted by molar-refractivity contribution is 5.80. The van der Waals surface area contributed by atoms with Crippen LogP contribution in [0.4, 0.5) is 0 Å². The van der Waals surface area contributed by atoms with Crippen LogP contribution in [0.5, 0.6) is 0 Å². The van der Waals surface area contributed by atoms with Gasteiger partial charge < -0.3 is 15.2 Å². The van der Waals surface area contributed by atoms with Crippen molar-refractivity contribution in [2.75, 3.05) is 6.54 Å². The number of carbonyl (C=O) groups is 3. The van der Waals surface area contributed by atoms with Crippen LogP contribution in [0.25, 0.3) is 0 Å². The molecule has 0 fully saturated rings. The molecule has 2 N–H and O–H groups in total. The van der Waals surface area contributed by atoms with Crippen molar-refractivity contribution < 1.29 is 24.2 Å². The van der Waals surface area contributed by atoms with Crippen molar-refractivity contribution in [3.63, 3.8) is 0 Å². The second kappa shape index (κ2) is 44.6. The standard InChI is InChI=1S/C50H85NO5/c1-3-5-7-9-11-13-15-17-18-19-20-21-22-23-24-26-28-30-32-37-41-45-50(55)56-47(43-39-35-33-36-40-44-48(52)51-46-49(53)54)42-38-34-31-29-27-25-16-14-12-10-8-6-4-2/h5,7,11,13,17-18,20-21,23-24,29,31,47H,3-4,6,8-10,12,14-16,19,22,25-28,30,32-46H2,1-2H3,(H,51,52)(H,53,54)/b7-5-,13-11-,18-17-,21-20-,24-23-,31-29-. The molecule has 1 amide bonds. The minimum absolute atomic E-state index is 0.0196. The minimum atomic E-state index is -1.02. The summed E-state index contributed by atoms with van der Waals surface area (Å²) in [4.78, 5) is 35.1. The van der Waals surface area contributed by atoms with E-state index in [4.69, 9.17) is 9.84 Å². The van der Waals surface area contributed by atoms with Crippen LogP contribution in [0, 0.1) is 0 Å². The van der Waals surface area contributed by atoms with Crippen LogP contribution in [0.15, 0.2) is 72.9 Å². The van der Waals surface area contributed by atoms with E-state index in [1.54, 1.807) is 0 Å². The third-order valence-corrected chi connectivity index (χ3v) is 9.86. The third-order valence-electron chi connectivity index (χ3n) is 9.86. The number of allylic oxidation sites excluding steroid dienone is 12. The maximum atomic E-state index is 12.8. The molecular formula is C50H85NO5. The second-order valence-corrected chi connectivity index (χ2v) is 15.3. The van der Waals surface area contributed by atoms with Gasteiger partial charge in [0.25, 0.3) is 0 Å². The molecule has 0 rings (SSSR count). The van der Waals surface area contributed by atoms with Gasteiger partial charge in [0.05, 0.1) is 0 Å². The summed E-state index contributed by atoms with van der Waals surface area (Å²) in [7, 11) is 0. The number of nitrogens with one attached hydrogen (secondary N) is 1. The Kier molecular flexibility index (Phi) is 42.1. The highest BCUT2D eigenvalue weighted by Gasteiger charge is 2.14. The zero-order chi connectivity index (χ0) is 40.8. The molecule has 0 aromatic rings. The van der Waals surface area contributed by atoms with Crippen LogP contribution in [0.1, 0.15) is 213 Å². The van der Waals surface area contributed by atoms with E-state index in [1.165, 1.54) is 64.2 Å². The molecule has 6 nitrogen and oxygen atoms in total. The van der Waals surface area contributed by atoms with Crippen molar-refractivity contribution in [2.45, 2.75) is 219 Å². The van der Waals surface area contributed by atoms with Crippen molar-refractivity contribution in [3.8, 4) is 0 Å². The van der Waals surface area contributed by atoms with Crippen LogP contribution in [-0.4, -0.2) is 35.6 Å². The van der Waals surface area contributed by atoms with Crippen molar-refractivity contribution in [1.82, 2.24) is 5.32 Å². The van der Waals surface area contributed by atoms with Gasteiger partial charge in [0, 0.05) is 12.8 Å². The first-order chi connectivity index (χ1) is 27.5. The highest BCUT2D eigenvalue weighted by atomic mass is 16.5. The van der Waals surface area contributed by atoms with Crippen LogP contribution in [0.3, 0.4) is 0 Å². The molecule has 0 aromatic carbocycles. The van der Waals surface area contributed by atoms with Crippen LogP contribution in [-0.2, 0) is 19.1 Å². The lowest BCUT2D eigenvalue weighted by Gasteiger charge is -2.18. The van der Waals surface area contributed by atoms with Crippen molar-refractivity contribution >= 4 is 17.8 Å². The summed E-state index contributed by atoms with van der Waals surface area (Å²) in [5.41, 5.74) is 0. The van der Waals surface area contributed by atoms with Crippen LogP contribution < -0.4 is 5.32 Å². The number of carboxylic acid groups (broad SMARTS) is 1. The fraction of sp³-hybridized carbons (Fsp3) is 0.700. The summed E-state index contributed by atoms with van der Waals surface area (Å²) in [5, 5.41) is 11.1. The number of esters is 1. The molecule has 0 aliphatic heterocycles. The fourth-order valence-electron chi connectivity index (χ4n) is 6.48. The molecule has 0 aliphatic rings. The summed E-state index contributed by atoms with van der Waals surface area (Å²) >= 11 is 0. The topological polar surface area (TPSA) is 92.7 Å². The largest absolute Gasteiger partial charge is 0.480 e. The number of unbranched alkanes of at least 4 members (excludes halogenated alkanes) is 18. The first-order valence-corrected chi connectivity index (χ1v) is 23.1. The Bertz CT molecular complexity index is 1090. The van der Waals surface area contributed by atoms with E-state index < -0.39 is 5.97 Å². The Hall–Kier alpha value is -3.15. The van der Waals surface area contributed by atoms with Gasteiger partial charge in [-0.15, -0.1) is 0 Å². The molecule has 1 atom stereocenters. The van der Waals surface area contributed by atoms with Crippen molar-refractivity contribution in [1.29, 1.82) is 0 Å². The van der Waals surface area contributed by atoms with E-state index in [1.807, 2.05) is 0 Å². The Labute approximate surface area is 344 Å². The van der Waals surface area contributed by atoms with Gasteiger partial charge in [0.1, 0.15) is 12.6 Å². The lowest BCUT2D eigenvalue weighted by Crippen LogP contribution is -2.28. The molecule has 1 unspecified atom stereocenters. The van der Waals surface area contributed by atoms with E-state index >= 15 is 0 Å². The van der Waals surface area contributed by atoms with Gasteiger partial charge >= 0.3 is 11.9 Å². The van der Waals surface area contributed by atoms with E-state index in [-0.39, 0.29) is 24.5 Å². The monoisotopic (exact) mass is 780 g/mol. The molecule has 0 saturated heterocycles. The lowest BCUT2D eigenvalue weighted by molar-refractivity contribution is -0.150. The zero-order valence-corrected chi connectivity index (χ0v) is 36.2. The van der Waals surface area contributed by atoms with Crippen LogP contribution >= 0.6 is 0 Å². The molecule has 0 aromatic heterocycles. The minimum Gasteiger partial charge on any atom is -0.480 e. The third kappa shape index (κ3) is 43.6. The molecule has 6 heteroatoms. The van der Waals surface area contributed by atoms with Gasteiger partial charge in [-0.3, -0.25) is 14.4 Å². The lowest BCUT2D eigenvalue weighted by atomic mass is 10.0. The van der Waals surface area contributed by atoms with Crippen molar-refractivity contribution in [2.24, 2.45) is 0 Å². The van der Waals surface area contributed by atoms with Gasteiger partial charge in [-0.2, -0.15) is 0 Å². The number of aliphatic carboxylic acids is 1. The maximum Gasteiger partial charge on any atom is 0.322 e. The predicted octanol–water partition coefficient (Wildman–Crippen LogP) is 14.6. The molecule has 56 heavy (non-hydrogen) atoms. The van der Waals surface area contributed by atoms with E-state index in [0.29, 0.717) is 12.8 Å². The maximum absolute atomic E-state index is 12.8. The highest BCUT2D eigenvalue weighted by Crippen LogP contribution is 2.18. The Morgan fingerprint density at radius 3 is 1.43 bits per heavy atom. The number of carboxylic acids is 1. The number of hydrogen-bond acceptors (Lipinski definition) is 4. The number of hydrogen-bond donors (Lipinski definition) is 2. The van der Waals surface area contributed by atoms with E-state index in [0.717, 1.165) is 122 Å². The molecule has 0 radical (unpaired) electrons. The first kappa shape index (κ1) is 52.9.